The lowest BCUT2D eigenvalue weighted by Gasteiger charge is -2.29. The van der Waals surface area contributed by atoms with Crippen LogP contribution in [0.4, 0.5) is 0 Å². The van der Waals surface area contributed by atoms with E-state index in [0.29, 0.717) is 12.0 Å². The Bertz CT molecular complexity index is 405. The summed E-state index contributed by atoms with van der Waals surface area (Å²) in [5.41, 5.74) is 0.733. The highest BCUT2D eigenvalue weighted by atomic mass is 79.9. The van der Waals surface area contributed by atoms with Crippen LogP contribution in [0, 0.1) is 5.92 Å². The number of benzene rings is 1. The van der Waals surface area contributed by atoms with Gasteiger partial charge in [-0.1, -0.05) is 41.8 Å². The van der Waals surface area contributed by atoms with E-state index in [1.54, 1.807) is 0 Å². The molecule has 0 aliphatic heterocycles. The topological polar surface area (TPSA) is 29.1 Å². The third-order valence-electron chi connectivity index (χ3n) is 3.51. The Labute approximate surface area is 111 Å². The molecular formula is C14H18BrNO. The van der Waals surface area contributed by atoms with Crippen LogP contribution in [0.5, 0.6) is 0 Å². The van der Waals surface area contributed by atoms with Crippen LogP contribution >= 0.6 is 15.9 Å². The quantitative estimate of drug-likeness (QED) is 0.884. The molecule has 2 rings (SSSR count). The third kappa shape index (κ3) is 3.32. The van der Waals surface area contributed by atoms with Crippen LogP contribution in [0.25, 0.3) is 0 Å². The van der Waals surface area contributed by atoms with Crippen LogP contribution in [0.1, 0.15) is 43.0 Å². The van der Waals surface area contributed by atoms with Crippen LogP contribution in [0.2, 0.25) is 0 Å². The molecule has 17 heavy (non-hydrogen) atoms. The molecule has 0 aromatic heterocycles. The minimum Gasteiger partial charge on any atom is -0.349 e. The Morgan fingerprint density at radius 2 is 2.12 bits per heavy atom. The van der Waals surface area contributed by atoms with Gasteiger partial charge in [-0.15, -0.1) is 0 Å². The Kier molecular flexibility index (Phi) is 4.21. The van der Waals surface area contributed by atoms with Crippen LogP contribution in [0.3, 0.4) is 0 Å². The zero-order valence-electron chi connectivity index (χ0n) is 10.1. The molecular weight excluding hydrogens is 278 g/mol. The number of halogens is 1. The normalized spacial score (nSPS) is 24.4. The van der Waals surface area contributed by atoms with Crippen LogP contribution in [0.15, 0.2) is 28.7 Å². The lowest BCUT2D eigenvalue weighted by atomic mass is 9.86. The zero-order chi connectivity index (χ0) is 12.3. The Morgan fingerprint density at radius 1 is 1.35 bits per heavy atom. The van der Waals surface area contributed by atoms with Gasteiger partial charge in [-0.3, -0.25) is 4.79 Å². The number of rotatable bonds is 2. The van der Waals surface area contributed by atoms with Gasteiger partial charge in [0.2, 0.25) is 0 Å². The SMILES string of the molecule is C[C@H]1CCCC[C@@H]1NC(=O)c1cccc(Br)c1. The van der Waals surface area contributed by atoms with Crippen molar-refractivity contribution in [1.82, 2.24) is 5.32 Å². The Balaban J connectivity index is 2.01. The molecule has 1 fully saturated rings. The minimum absolute atomic E-state index is 0.0463. The van der Waals surface area contributed by atoms with Crippen molar-refractivity contribution in [3.8, 4) is 0 Å². The minimum atomic E-state index is 0.0463. The molecule has 0 radical (unpaired) electrons. The molecule has 2 atom stereocenters. The first kappa shape index (κ1) is 12.6. The van der Waals surface area contributed by atoms with Crippen molar-refractivity contribution in [3.63, 3.8) is 0 Å². The lowest BCUT2D eigenvalue weighted by Crippen LogP contribution is -2.41. The second-order valence-corrected chi connectivity index (χ2v) is 5.77. The van der Waals surface area contributed by atoms with Crippen molar-refractivity contribution in [1.29, 1.82) is 0 Å². The average Bonchev–Trinajstić information content (AvgIpc) is 2.32. The van der Waals surface area contributed by atoms with E-state index >= 15 is 0 Å². The molecule has 1 aromatic rings. The van der Waals surface area contributed by atoms with Gasteiger partial charge in [0.1, 0.15) is 0 Å². The van der Waals surface area contributed by atoms with Gasteiger partial charge in [-0.25, -0.2) is 0 Å². The molecule has 0 spiro atoms. The molecule has 1 aliphatic rings. The summed E-state index contributed by atoms with van der Waals surface area (Å²) in [6.45, 7) is 2.23. The fourth-order valence-electron chi connectivity index (χ4n) is 2.41. The summed E-state index contributed by atoms with van der Waals surface area (Å²) in [6, 6.07) is 7.88. The summed E-state index contributed by atoms with van der Waals surface area (Å²) >= 11 is 3.39. The third-order valence-corrected chi connectivity index (χ3v) is 4.01. The number of hydrogen-bond donors (Lipinski definition) is 1. The van der Waals surface area contributed by atoms with Gasteiger partial charge in [-0.2, -0.15) is 0 Å². The van der Waals surface area contributed by atoms with Crippen molar-refractivity contribution < 1.29 is 4.79 Å². The van der Waals surface area contributed by atoms with Gasteiger partial charge in [0, 0.05) is 16.1 Å². The van der Waals surface area contributed by atoms with Gasteiger partial charge < -0.3 is 5.32 Å². The molecule has 1 aromatic carbocycles. The molecule has 0 heterocycles. The molecule has 2 nitrogen and oxygen atoms in total. The lowest BCUT2D eigenvalue weighted by molar-refractivity contribution is 0.0910. The molecule has 1 amide bonds. The summed E-state index contributed by atoms with van der Waals surface area (Å²) in [7, 11) is 0. The van der Waals surface area contributed by atoms with E-state index in [9.17, 15) is 4.79 Å². The van der Waals surface area contributed by atoms with Gasteiger partial charge in [-0.05, 0) is 37.0 Å². The summed E-state index contributed by atoms with van der Waals surface area (Å²) in [5, 5.41) is 3.15. The van der Waals surface area contributed by atoms with Gasteiger partial charge in [0.15, 0.2) is 0 Å². The highest BCUT2D eigenvalue weighted by Gasteiger charge is 2.23. The first-order valence-corrected chi connectivity index (χ1v) is 7.02. The number of carbonyl (C=O) groups is 1. The van der Waals surface area contributed by atoms with E-state index in [-0.39, 0.29) is 5.91 Å². The first-order chi connectivity index (χ1) is 8.16. The Hall–Kier alpha value is -0.830. The largest absolute Gasteiger partial charge is 0.349 e. The molecule has 1 aliphatic carbocycles. The van der Waals surface area contributed by atoms with Crippen LogP contribution in [-0.4, -0.2) is 11.9 Å². The predicted molar refractivity (Wildman–Crippen MR) is 73.0 cm³/mol. The fraction of sp³-hybridized carbons (Fsp3) is 0.500. The zero-order valence-corrected chi connectivity index (χ0v) is 11.7. The van der Waals surface area contributed by atoms with Gasteiger partial charge >= 0.3 is 0 Å². The van der Waals surface area contributed by atoms with E-state index in [4.69, 9.17) is 0 Å². The summed E-state index contributed by atoms with van der Waals surface area (Å²) in [6.07, 6.45) is 4.86. The molecule has 3 heteroatoms. The number of carbonyl (C=O) groups excluding carboxylic acids is 1. The molecule has 1 N–H and O–H groups in total. The maximum absolute atomic E-state index is 12.1. The summed E-state index contributed by atoms with van der Waals surface area (Å²) in [4.78, 5) is 12.1. The maximum Gasteiger partial charge on any atom is 0.251 e. The molecule has 0 bridgehead atoms. The second-order valence-electron chi connectivity index (χ2n) is 4.85. The van der Waals surface area contributed by atoms with E-state index in [1.165, 1.54) is 19.3 Å². The van der Waals surface area contributed by atoms with E-state index < -0.39 is 0 Å². The fourth-order valence-corrected chi connectivity index (χ4v) is 2.81. The highest BCUT2D eigenvalue weighted by Crippen LogP contribution is 2.24. The molecule has 0 unspecified atom stereocenters. The van der Waals surface area contributed by atoms with Gasteiger partial charge in [0.25, 0.3) is 5.91 Å². The Morgan fingerprint density at radius 3 is 2.82 bits per heavy atom. The van der Waals surface area contributed by atoms with Crippen molar-refractivity contribution in [2.24, 2.45) is 5.92 Å². The molecule has 92 valence electrons. The van der Waals surface area contributed by atoms with Crippen molar-refractivity contribution in [3.05, 3.63) is 34.3 Å². The van der Waals surface area contributed by atoms with Crippen molar-refractivity contribution in [2.75, 3.05) is 0 Å². The van der Waals surface area contributed by atoms with Crippen molar-refractivity contribution in [2.45, 2.75) is 38.6 Å². The second kappa shape index (κ2) is 5.67. The van der Waals surface area contributed by atoms with Gasteiger partial charge in [0.05, 0.1) is 0 Å². The summed E-state index contributed by atoms with van der Waals surface area (Å²) in [5.74, 6) is 0.643. The van der Waals surface area contributed by atoms with E-state index in [2.05, 4.69) is 28.2 Å². The average molecular weight is 296 g/mol. The van der Waals surface area contributed by atoms with Crippen LogP contribution < -0.4 is 5.32 Å². The highest BCUT2D eigenvalue weighted by molar-refractivity contribution is 9.10. The molecule has 0 saturated heterocycles. The monoisotopic (exact) mass is 295 g/mol. The van der Waals surface area contributed by atoms with Crippen LogP contribution in [-0.2, 0) is 0 Å². The number of nitrogens with one attached hydrogen (secondary N) is 1. The number of hydrogen-bond acceptors (Lipinski definition) is 1. The van der Waals surface area contributed by atoms with E-state index in [0.717, 1.165) is 16.5 Å². The first-order valence-electron chi connectivity index (χ1n) is 6.23. The van der Waals surface area contributed by atoms with Crippen molar-refractivity contribution >= 4 is 21.8 Å². The smallest absolute Gasteiger partial charge is 0.251 e. The molecule has 1 saturated carbocycles. The standard InChI is InChI=1S/C14H18BrNO/c1-10-5-2-3-8-13(10)16-14(17)11-6-4-7-12(15)9-11/h4,6-7,9-10,13H,2-3,5,8H2,1H3,(H,16,17)/t10-,13-/m0/s1. The predicted octanol–water partition coefficient (Wildman–Crippen LogP) is 3.76. The number of amides is 1. The maximum atomic E-state index is 12.1. The van der Waals surface area contributed by atoms with E-state index in [1.807, 2.05) is 24.3 Å². The summed E-state index contributed by atoms with van der Waals surface area (Å²) < 4.78 is 0.946.